The molecule has 0 radical (unpaired) electrons. The number of amides is 1. The summed E-state index contributed by atoms with van der Waals surface area (Å²) in [5.74, 6) is 0.466. The normalized spacial score (nSPS) is 12.3. The number of carbonyl (C=O) groups excluding carboxylic acids is 1. The Morgan fingerprint density at radius 3 is 2.64 bits per heavy atom. The van der Waals surface area contributed by atoms with Crippen molar-refractivity contribution in [2.24, 2.45) is 5.92 Å². The van der Waals surface area contributed by atoms with E-state index in [2.05, 4.69) is 15.3 Å². The monoisotopic (exact) mass is 416 g/mol. The summed E-state index contributed by atoms with van der Waals surface area (Å²) in [6.07, 6.45) is 1.47. The molecule has 1 N–H and O–H groups in total. The molecule has 0 saturated carbocycles. The van der Waals surface area contributed by atoms with Gasteiger partial charge in [0, 0.05) is 12.7 Å². The molecule has 1 aromatic carbocycles. The molecule has 146 valence electrons. The lowest BCUT2D eigenvalue weighted by Gasteiger charge is -2.17. The van der Waals surface area contributed by atoms with Crippen molar-refractivity contribution in [3.8, 4) is 0 Å². The molecule has 1 atom stereocenters. The van der Waals surface area contributed by atoms with E-state index in [1.54, 1.807) is 29.7 Å². The van der Waals surface area contributed by atoms with E-state index in [-0.39, 0.29) is 17.4 Å². The molecule has 0 saturated heterocycles. The number of para-hydroxylation sites is 1. The molecule has 0 aliphatic rings. The Morgan fingerprint density at radius 1 is 1.21 bits per heavy atom. The van der Waals surface area contributed by atoms with Gasteiger partial charge in [-0.05, 0) is 37.1 Å². The van der Waals surface area contributed by atoms with Gasteiger partial charge in [-0.1, -0.05) is 49.3 Å². The molecule has 6 nitrogen and oxygen atoms in total. The summed E-state index contributed by atoms with van der Waals surface area (Å²) < 4.78 is 1.65. The van der Waals surface area contributed by atoms with Crippen LogP contribution in [0.25, 0.3) is 10.9 Å². The van der Waals surface area contributed by atoms with E-state index in [0.29, 0.717) is 33.4 Å². The Labute approximate surface area is 172 Å². The summed E-state index contributed by atoms with van der Waals surface area (Å²) in [6.45, 7) is 6.39. The maximum absolute atomic E-state index is 12.9. The van der Waals surface area contributed by atoms with Gasteiger partial charge in [0.25, 0.3) is 5.56 Å². The first kappa shape index (κ1) is 20.4. The number of fused-ring (bicyclic) bond motifs is 1. The van der Waals surface area contributed by atoms with Gasteiger partial charge in [0.05, 0.1) is 21.2 Å². The number of nitrogens with zero attached hydrogens (tertiary/aromatic N) is 3. The summed E-state index contributed by atoms with van der Waals surface area (Å²) in [5, 5.41) is 3.90. The number of anilines is 1. The molecule has 0 aliphatic carbocycles. The van der Waals surface area contributed by atoms with Gasteiger partial charge in [-0.15, -0.1) is 0 Å². The number of rotatable bonds is 6. The second-order valence-electron chi connectivity index (χ2n) is 6.83. The first-order valence-electron chi connectivity index (χ1n) is 8.94. The highest BCUT2D eigenvalue weighted by Crippen LogP contribution is 2.24. The highest BCUT2D eigenvalue weighted by molar-refractivity contribution is 8.00. The van der Waals surface area contributed by atoms with Gasteiger partial charge >= 0.3 is 0 Å². The lowest BCUT2D eigenvalue weighted by Crippen LogP contribution is -2.28. The minimum atomic E-state index is -0.469. The maximum Gasteiger partial charge on any atom is 0.262 e. The topological polar surface area (TPSA) is 76.9 Å². The number of nitrogens with one attached hydrogen (secondary N) is 1. The van der Waals surface area contributed by atoms with Crippen molar-refractivity contribution in [3.05, 3.63) is 58.0 Å². The van der Waals surface area contributed by atoms with Crippen molar-refractivity contribution in [1.29, 1.82) is 0 Å². The van der Waals surface area contributed by atoms with Crippen LogP contribution in [0.4, 0.5) is 5.82 Å². The Hall–Kier alpha value is -2.38. The minimum Gasteiger partial charge on any atom is -0.310 e. The number of benzene rings is 1. The van der Waals surface area contributed by atoms with Crippen molar-refractivity contribution in [3.63, 3.8) is 0 Å². The van der Waals surface area contributed by atoms with Crippen molar-refractivity contribution in [2.75, 3.05) is 5.32 Å². The van der Waals surface area contributed by atoms with Crippen LogP contribution in [0.15, 0.2) is 52.5 Å². The van der Waals surface area contributed by atoms with Crippen LogP contribution in [0.2, 0.25) is 5.02 Å². The van der Waals surface area contributed by atoms with Crippen LogP contribution < -0.4 is 10.9 Å². The molecular weight excluding hydrogens is 396 g/mol. The predicted molar refractivity (Wildman–Crippen MR) is 114 cm³/mol. The lowest BCUT2D eigenvalue weighted by atomic mass is 10.2. The van der Waals surface area contributed by atoms with Gasteiger partial charge in [0.2, 0.25) is 5.91 Å². The average Bonchev–Trinajstić information content (AvgIpc) is 2.66. The summed E-state index contributed by atoms with van der Waals surface area (Å²) in [5.41, 5.74) is 0.538. The van der Waals surface area contributed by atoms with Gasteiger partial charge in [-0.25, -0.2) is 9.97 Å². The second-order valence-corrected chi connectivity index (χ2v) is 8.58. The number of pyridine rings is 1. The fraction of sp³-hybridized carbons (Fsp3) is 0.300. The van der Waals surface area contributed by atoms with Crippen LogP contribution in [-0.4, -0.2) is 25.7 Å². The molecule has 0 fully saturated rings. The summed E-state index contributed by atoms with van der Waals surface area (Å²) >= 11 is 7.08. The molecule has 0 aliphatic heterocycles. The smallest absolute Gasteiger partial charge is 0.262 e. The molecule has 8 heteroatoms. The standard InChI is InChI=1S/C20H21ClN4O2S/c1-12(2)11-25-19(27)15-6-4-5-7-16(15)23-20(25)28-13(3)18(26)24-17-9-8-14(21)10-22-17/h4-10,12-13H,11H2,1-3H3,(H,22,24,26)/t13-/m1/s1. The van der Waals surface area contributed by atoms with Gasteiger partial charge in [-0.3, -0.25) is 14.2 Å². The number of thioether (sulfide) groups is 1. The number of hydrogen-bond acceptors (Lipinski definition) is 5. The highest BCUT2D eigenvalue weighted by Gasteiger charge is 2.20. The third kappa shape index (κ3) is 4.72. The summed E-state index contributed by atoms with van der Waals surface area (Å²) in [6, 6.07) is 10.6. The molecule has 0 bridgehead atoms. The van der Waals surface area contributed by atoms with Crippen molar-refractivity contribution < 1.29 is 4.79 Å². The van der Waals surface area contributed by atoms with E-state index in [1.165, 1.54) is 18.0 Å². The van der Waals surface area contributed by atoms with Gasteiger partial charge in [-0.2, -0.15) is 0 Å². The molecule has 28 heavy (non-hydrogen) atoms. The molecule has 0 spiro atoms. The fourth-order valence-electron chi connectivity index (χ4n) is 2.65. The van der Waals surface area contributed by atoms with Gasteiger partial charge in [0.1, 0.15) is 5.82 Å². The van der Waals surface area contributed by atoms with E-state index in [4.69, 9.17) is 11.6 Å². The Morgan fingerprint density at radius 2 is 1.96 bits per heavy atom. The number of halogens is 1. The minimum absolute atomic E-state index is 0.0891. The number of carbonyl (C=O) groups is 1. The molecule has 2 aromatic heterocycles. The largest absolute Gasteiger partial charge is 0.310 e. The summed E-state index contributed by atoms with van der Waals surface area (Å²) in [7, 11) is 0. The van der Waals surface area contributed by atoms with Crippen molar-refractivity contribution in [1.82, 2.24) is 14.5 Å². The van der Waals surface area contributed by atoms with E-state index in [0.717, 1.165) is 0 Å². The molecule has 0 unspecified atom stereocenters. The SMILES string of the molecule is CC(C)Cn1c(S[C@H](C)C(=O)Nc2ccc(Cl)cn2)nc2ccccc2c1=O. The first-order valence-corrected chi connectivity index (χ1v) is 10.2. The van der Waals surface area contributed by atoms with E-state index < -0.39 is 5.25 Å². The molecule has 1 amide bonds. The number of hydrogen-bond donors (Lipinski definition) is 1. The average molecular weight is 417 g/mol. The molecular formula is C20H21ClN4O2S. The van der Waals surface area contributed by atoms with E-state index in [9.17, 15) is 9.59 Å². The van der Waals surface area contributed by atoms with Crippen LogP contribution in [0.3, 0.4) is 0 Å². The zero-order chi connectivity index (χ0) is 20.3. The Bertz CT molecular complexity index is 1050. The number of aromatic nitrogens is 3. The zero-order valence-electron chi connectivity index (χ0n) is 15.8. The molecule has 3 aromatic rings. The third-order valence-electron chi connectivity index (χ3n) is 4.00. The summed E-state index contributed by atoms with van der Waals surface area (Å²) in [4.78, 5) is 34.2. The van der Waals surface area contributed by atoms with Crippen molar-refractivity contribution in [2.45, 2.75) is 37.7 Å². The van der Waals surface area contributed by atoms with Crippen LogP contribution in [0, 0.1) is 5.92 Å². The molecule has 2 heterocycles. The van der Waals surface area contributed by atoms with Gasteiger partial charge < -0.3 is 5.32 Å². The Kier molecular flexibility index (Phi) is 6.36. The van der Waals surface area contributed by atoms with Crippen LogP contribution >= 0.6 is 23.4 Å². The maximum atomic E-state index is 12.9. The van der Waals surface area contributed by atoms with E-state index >= 15 is 0 Å². The quantitative estimate of drug-likeness (QED) is 0.481. The van der Waals surface area contributed by atoms with Gasteiger partial charge in [0.15, 0.2) is 5.16 Å². The van der Waals surface area contributed by atoms with Crippen LogP contribution in [-0.2, 0) is 11.3 Å². The second kappa shape index (κ2) is 8.75. The van der Waals surface area contributed by atoms with Crippen LogP contribution in [0.5, 0.6) is 0 Å². The fourth-order valence-corrected chi connectivity index (χ4v) is 3.68. The van der Waals surface area contributed by atoms with Crippen LogP contribution in [0.1, 0.15) is 20.8 Å². The Balaban J connectivity index is 1.88. The third-order valence-corrected chi connectivity index (χ3v) is 5.32. The van der Waals surface area contributed by atoms with Crippen molar-refractivity contribution >= 4 is 46.0 Å². The zero-order valence-corrected chi connectivity index (χ0v) is 17.4. The lowest BCUT2D eigenvalue weighted by molar-refractivity contribution is -0.115. The molecule has 3 rings (SSSR count). The predicted octanol–water partition coefficient (Wildman–Crippen LogP) is 4.22. The first-order chi connectivity index (χ1) is 13.3. The highest BCUT2D eigenvalue weighted by atomic mass is 35.5. The van der Waals surface area contributed by atoms with E-state index in [1.807, 2.05) is 32.0 Å².